The second-order valence-electron chi connectivity index (χ2n) is 8.83. The predicted octanol–water partition coefficient (Wildman–Crippen LogP) is 5.00. The van der Waals surface area contributed by atoms with Crippen LogP contribution in [0.15, 0.2) is 48.0 Å². The SMILES string of the molecule is C[C@@H]1CC2=C(Cc3ccccc32)[C@@H](c2c(F)cc(/C=C/C(=O)O)cc2F)N1[C@H]1CCOC1. The monoisotopic (exact) mass is 437 g/mol. The summed E-state index contributed by atoms with van der Waals surface area (Å²) in [5, 5.41) is 8.85. The average molecular weight is 437 g/mol. The summed E-state index contributed by atoms with van der Waals surface area (Å²) in [7, 11) is 0. The van der Waals surface area contributed by atoms with Gasteiger partial charge in [0.05, 0.1) is 12.6 Å². The molecule has 0 unspecified atom stereocenters. The first kappa shape index (κ1) is 21.0. The van der Waals surface area contributed by atoms with Gasteiger partial charge in [-0.05, 0) is 72.2 Å². The third-order valence-corrected chi connectivity index (χ3v) is 6.87. The Morgan fingerprint density at radius 1 is 1.22 bits per heavy atom. The van der Waals surface area contributed by atoms with E-state index in [1.165, 1.54) is 34.9 Å². The van der Waals surface area contributed by atoms with Gasteiger partial charge < -0.3 is 9.84 Å². The molecule has 4 nitrogen and oxygen atoms in total. The van der Waals surface area contributed by atoms with Gasteiger partial charge in [-0.1, -0.05) is 24.3 Å². The lowest BCUT2D eigenvalue weighted by molar-refractivity contribution is -0.131. The molecule has 0 saturated carbocycles. The van der Waals surface area contributed by atoms with E-state index in [1.54, 1.807) is 0 Å². The molecular weight excluding hydrogens is 412 g/mol. The van der Waals surface area contributed by atoms with Gasteiger partial charge in [0.1, 0.15) is 11.6 Å². The van der Waals surface area contributed by atoms with Crippen LogP contribution in [0.1, 0.15) is 48.1 Å². The van der Waals surface area contributed by atoms with Crippen molar-refractivity contribution in [2.45, 2.75) is 44.3 Å². The summed E-state index contributed by atoms with van der Waals surface area (Å²) in [4.78, 5) is 13.1. The molecule has 2 aromatic carbocycles. The number of halogens is 2. The molecule has 2 heterocycles. The van der Waals surface area contributed by atoms with E-state index in [-0.39, 0.29) is 23.2 Å². The van der Waals surface area contributed by atoms with Crippen molar-refractivity contribution in [1.29, 1.82) is 0 Å². The maximum Gasteiger partial charge on any atom is 0.328 e. The molecule has 1 fully saturated rings. The molecule has 0 amide bonds. The molecule has 0 spiro atoms. The Bertz CT molecular complexity index is 1110. The molecule has 32 heavy (non-hydrogen) atoms. The van der Waals surface area contributed by atoms with E-state index in [0.29, 0.717) is 19.6 Å². The summed E-state index contributed by atoms with van der Waals surface area (Å²) < 4.78 is 36.6. The number of carboxylic acid groups (broad SMARTS) is 1. The standard InChI is InChI=1S/C26H25F2NO3/c1-15-10-20-19-5-3-2-4-17(19)13-21(20)26(29(15)18-8-9-32-14-18)25-22(27)11-16(12-23(25)28)6-7-24(30)31/h2-7,11-12,15,18,26H,8-10,13-14H2,1H3,(H,30,31)/b7-6+/t15-,18+,26+/m1/s1. The van der Waals surface area contributed by atoms with Gasteiger partial charge in [0.25, 0.3) is 0 Å². The largest absolute Gasteiger partial charge is 0.478 e. The number of hydrogen-bond acceptors (Lipinski definition) is 3. The average Bonchev–Trinajstić information content (AvgIpc) is 3.40. The molecule has 0 aromatic heterocycles. The van der Waals surface area contributed by atoms with Crippen LogP contribution in [-0.4, -0.2) is 41.3 Å². The van der Waals surface area contributed by atoms with Gasteiger partial charge in [0.2, 0.25) is 0 Å². The summed E-state index contributed by atoms with van der Waals surface area (Å²) in [6.45, 7) is 3.32. The first-order valence-corrected chi connectivity index (χ1v) is 11.0. The molecule has 166 valence electrons. The summed E-state index contributed by atoms with van der Waals surface area (Å²) >= 11 is 0. The van der Waals surface area contributed by atoms with E-state index >= 15 is 8.78 Å². The molecule has 6 heteroatoms. The smallest absolute Gasteiger partial charge is 0.328 e. The lowest BCUT2D eigenvalue weighted by Crippen LogP contribution is -2.48. The van der Waals surface area contributed by atoms with Crippen molar-refractivity contribution in [3.05, 3.63) is 81.9 Å². The van der Waals surface area contributed by atoms with Crippen molar-refractivity contribution < 1.29 is 23.4 Å². The second kappa shape index (κ2) is 8.26. The zero-order valence-electron chi connectivity index (χ0n) is 17.9. The highest BCUT2D eigenvalue weighted by atomic mass is 19.1. The van der Waals surface area contributed by atoms with Crippen LogP contribution in [-0.2, 0) is 16.0 Å². The number of hydrogen-bond donors (Lipinski definition) is 1. The minimum atomic E-state index is -1.16. The first-order chi connectivity index (χ1) is 15.4. The number of fused-ring (bicyclic) bond motifs is 2. The molecule has 3 aliphatic rings. The van der Waals surface area contributed by atoms with Crippen molar-refractivity contribution >= 4 is 17.6 Å². The number of ether oxygens (including phenoxy) is 1. The molecule has 2 aliphatic heterocycles. The predicted molar refractivity (Wildman–Crippen MR) is 118 cm³/mol. The number of nitrogens with zero attached hydrogens (tertiary/aromatic N) is 1. The number of aliphatic carboxylic acids is 1. The second-order valence-corrected chi connectivity index (χ2v) is 8.83. The minimum absolute atomic E-state index is 0.0382. The van der Waals surface area contributed by atoms with Crippen LogP contribution in [0.2, 0.25) is 0 Å². The van der Waals surface area contributed by atoms with Gasteiger partial charge >= 0.3 is 5.97 Å². The lowest BCUT2D eigenvalue weighted by atomic mass is 9.83. The molecular formula is C26H25F2NO3. The van der Waals surface area contributed by atoms with E-state index < -0.39 is 23.6 Å². The van der Waals surface area contributed by atoms with Crippen LogP contribution in [0, 0.1) is 11.6 Å². The van der Waals surface area contributed by atoms with Crippen molar-refractivity contribution in [1.82, 2.24) is 4.90 Å². The Labute approximate surface area is 185 Å². The van der Waals surface area contributed by atoms with Crippen molar-refractivity contribution in [3.63, 3.8) is 0 Å². The molecule has 0 bridgehead atoms. The summed E-state index contributed by atoms with van der Waals surface area (Å²) in [5.74, 6) is -2.47. The van der Waals surface area contributed by atoms with E-state index in [2.05, 4.69) is 24.0 Å². The fraction of sp³-hybridized carbons (Fsp3) is 0.346. The van der Waals surface area contributed by atoms with Crippen molar-refractivity contribution in [2.75, 3.05) is 13.2 Å². The Balaban J connectivity index is 1.65. The molecule has 5 rings (SSSR count). The van der Waals surface area contributed by atoms with E-state index in [1.807, 2.05) is 12.1 Å². The lowest BCUT2D eigenvalue weighted by Gasteiger charge is -2.45. The zero-order valence-corrected chi connectivity index (χ0v) is 17.9. The van der Waals surface area contributed by atoms with Gasteiger partial charge in [0.15, 0.2) is 0 Å². The molecule has 1 aliphatic carbocycles. The van der Waals surface area contributed by atoms with Crippen LogP contribution in [0.4, 0.5) is 8.78 Å². The van der Waals surface area contributed by atoms with Crippen molar-refractivity contribution in [2.24, 2.45) is 0 Å². The van der Waals surface area contributed by atoms with E-state index in [9.17, 15) is 4.79 Å². The Morgan fingerprint density at radius 3 is 2.66 bits per heavy atom. The number of carbonyl (C=O) groups is 1. The third kappa shape index (κ3) is 3.57. The number of carboxylic acids is 1. The summed E-state index contributed by atoms with van der Waals surface area (Å²) in [6.07, 6.45) is 4.43. The highest BCUT2D eigenvalue weighted by molar-refractivity contribution is 5.85. The van der Waals surface area contributed by atoms with Gasteiger partial charge in [0, 0.05) is 30.3 Å². The fourth-order valence-electron chi connectivity index (χ4n) is 5.57. The highest BCUT2D eigenvalue weighted by Crippen LogP contribution is 2.50. The van der Waals surface area contributed by atoms with Gasteiger partial charge in [-0.15, -0.1) is 0 Å². The number of rotatable bonds is 4. The normalized spacial score (nSPS) is 25.4. The quantitative estimate of drug-likeness (QED) is 0.685. The van der Waals surface area contributed by atoms with Crippen LogP contribution in [0.25, 0.3) is 11.6 Å². The Kier molecular flexibility index (Phi) is 5.43. The summed E-state index contributed by atoms with van der Waals surface area (Å²) in [6, 6.07) is 10.3. The number of benzene rings is 2. The third-order valence-electron chi connectivity index (χ3n) is 6.87. The van der Waals surface area contributed by atoms with Crippen LogP contribution < -0.4 is 0 Å². The van der Waals surface area contributed by atoms with Gasteiger partial charge in [-0.2, -0.15) is 0 Å². The van der Waals surface area contributed by atoms with Crippen LogP contribution in [0.3, 0.4) is 0 Å². The maximum absolute atomic E-state index is 15.5. The van der Waals surface area contributed by atoms with Gasteiger partial charge in [-0.3, -0.25) is 4.90 Å². The fourth-order valence-corrected chi connectivity index (χ4v) is 5.57. The van der Waals surface area contributed by atoms with Crippen LogP contribution in [0.5, 0.6) is 0 Å². The zero-order chi connectivity index (χ0) is 22.4. The molecule has 1 N–H and O–H groups in total. The maximum atomic E-state index is 15.5. The molecule has 0 radical (unpaired) electrons. The molecule has 1 saturated heterocycles. The minimum Gasteiger partial charge on any atom is -0.478 e. The molecule has 2 aromatic rings. The Morgan fingerprint density at radius 2 is 1.97 bits per heavy atom. The topological polar surface area (TPSA) is 49.8 Å². The van der Waals surface area contributed by atoms with Crippen molar-refractivity contribution in [3.8, 4) is 0 Å². The van der Waals surface area contributed by atoms with Gasteiger partial charge in [-0.25, -0.2) is 13.6 Å². The first-order valence-electron chi connectivity index (χ1n) is 11.0. The van der Waals surface area contributed by atoms with E-state index in [0.717, 1.165) is 24.5 Å². The van der Waals surface area contributed by atoms with E-state index in [4.69, 9.17) is 9.84 Å². The van der Waals surface area contributed by atoms with Crippen LogP contribution >= 0.6 is 0 Å². The highest BCUT2D eigenvalue weighted by Gasteiger charge is 2.44. The molecule has 3 atom stereocenters. The summed E-state index contributed by atoms with van der Waals surface area (Å²) in [5.41, 5.74) is 4.86. The Hall–Kier alpha value is -2.83.